The van der Waals surface area contributed by atoms with Crippen LogP contribution in [-0.4, -0.2) is 60.9 Å². The molecule has 29 heavy (non-hydrogen) atoms. The van der Waals surface area contributed by atoms with Gasteiger partial charge in [0.15, 0.2) is 0 Å². The highest BCUT2D eigenvalue weighted by molar-refractivity contribution is 6.09. The Morgan fingerprint density at radius 3 is 2.34 bits per heavy atom. The summed E-state index contributed by atoms with van der Waals surface area (Å²) in [6.07, 6.45) is 1.04. The molecule has 0 radical (unpaired) electrons. The van der Waals surface area contributed by atoms with Gasteiger partial charge in [0.2, 0.25) is 0 Å². The Labute approximate surface area is 172 Å². The van der Waals surface area contributed by atoms with Gasteiger partial charge in [0.05, 0.1) is 17.4 Å². The Balaban J connectivity index is 1.70. The highest BCUT2D eigenvalue weighted by atomic mass is 16.5. The maximum absolute atomic E-state index is 13.0. The second kappa shape index (κ2) is 9.56. The number of amides is 2. The molecule has 1 N–H and O–H groups in total. The summed E-state index contributed by atoms with van der Waals surface area (Å²) in [7, 11) is 2.05. The molecule has 1 aliphatic rings. The largest absolute Gasteiger partial charge is 0.491 e. The average Bonchev–Trinajstić information content (AvgIpc) is 2.74. The van der Waals surface area contributed by atoms with Crippen molar-refractivity contribution < 1.29 is 14.3 Å². The molecule has 1 aliphatic heterocycles. The number of piperazine rings is 1. The van der Waals surface area contributed by atoms with E-state index in [1.165, 1.54) is 0 Å². The number of ether oxygens (including phenoxy) is 1. The summed E-state index contributed by atoms with van der Waals surface area (Å²) in [6.45, 7) is 7.16. The Bertz CT molecular complexity index is 843. The third-order valence-corrected chi connectivity index (χ3v) is 5.22. The molecule has 6 nitrogen and oxygen atoms in total. The molecule has 0 spiro atoms. The van der Waals surface area contributed by atoms with Crippen LogP contribution in [0.25, 0.3) is 0 Å². The first-order valence-corrected chi connectivity index (χ1v) is 10.1. The molecule has 6 heteroatoms. The number of para-hydroxylation sites is 1. The van der Waals surface area contributed by atoms with E-state index in [0.717, 1.165) is 25.3 Å². The molecule has 0 bridgehead atoms. The van der Waals surface area contributed by atoms with E-state index >= 15 is 0 Å². The highest BCUT2D eigenvalue weighted by Gasteiger charge is 2.23. The monoisotopic (exact) mass is 395 g/mol. The van der Waals surface area contributed by atoms with Gasteiger partial charge in [-0.2, -0.15) is 0 Å². The van der Waals surface area contributed by atoms with Crippen molar-refractivity contribution >= 4 is 17.5 Å². The predicted octanol–water partition coefficient (Wildman–Crippen LogP) is 3.50. The Hall–Kier alpha value is -2.86. The molecule has 0 aromatic heterocycles. The Morgan fingerprint density at radius 1 is 1.03 bits per heavy atom. The first-order valence-electron chi connectivity index (χ1n) is 10.1. The van der Waals surface area contributed by atoms with Gasteiger partial charge in [0.25, 0.3) is 11.8 Å². The van der Waals surface area contributed by atoms with Crippen molar-refractivity contribution in [2.45, 2.75) is 26.4 Å². The van der Waals surface area contributed by atoms with Crippen molar-refractivity contribution in [3.63, 3.8) is 0 Å². The second-order valence-electron chi connectivity index (χ2n) is 7.46. The lowest BCUT2D eigenvalue weighted by molar-refractivity contribution is 0.0665. The fraction of sp³-hybridized carbons (Fsp3) is 0.391. The molecule has 154 valence electrons. The molecule has 3 rings (SSSR count). The van der Waals surface area contributed by atoms with Crippen molar-refractivity contribution in [3.8, 4) is 5.75 Å². The minimum atomic E-state index is -0.251. The fourth-order valence-electron chi connectivity index (χ4n) is 3.15. The molecule has 1 atom stereocenters. The summed E-state index contributed by atoms with van der Waals surface area (Å²) in [4.78, 5) is 29.7. The van der Waals surface area contributed by atoms with Crippen LogP contribution in [0.4, 0.5) is 5.69 Å². The summed E-state index contributed by atoms with van der Waals surface area (Å²) in [6, 6.07) is 14.2. The minimum Gasteiger partial charge on any atom is -0.491 e. The van der Waals surface area contributed by atoms with Gasteiger partial charge in [-0.3, -0.25) is 9.59 Å². The average molecular weight is 396 g/mol. The van der Waals surface area contributed by atoms with E-state index in [-0.39, 0.29) is 17.9 Å². The molecule has 2 aromatic carbocycles. The van der Waals surface area contributed by atoms with E-state index < -0.39 is 0 Å². The number of hydrogen-bond acceptors (Lipinski definition) is 4. The predicted molar refractivity (Wildman–Crippen MR) is 115 cm³/mol. The fourth-order valence-corrected chi connectivity index (χ4v) is 3.15. The third-order valence-electron chi connectivity index (χ3n) is 5.22. The zero-order chi connectivity index (χ0) is 20.8. The van der Waals surface area contributed by atoms with Crippen LogP contribution in [0, 0.1) is 0 Å². The molecule has 1 fully saturated rings. The molecule has 2 aromatic rings. The van der Waals surface area contributed by atoms with E-state index in [0.29, 0.717) is 29.9 Å². The number of carbonyl (C=O) groups is 2. The zero-order valence-corrected chi connectivity index (χ0v) is 17.4. The third kappa shape index (κ3) is 5.35. The van der Waals surface area contributed by atoms with Crippen molar-refractivity contribution in [1.29, 1.82) is 0 Å². The van der Waals surface area contributed by atoms with E-state index in [9.17, 15) is 9.59 Å². The van der Waals surface area contributed by atoms with E-state index in [4.69, 9.17) is 4.74 Å². The molecule has 0 saturated carbocycles. The number of likely N-dealkylation sites (N-methyl/N-ethyl adjacent to an activating group) is 1. The number of nitrogens with zero attached hydrogens (tertiary/aromatic N) is 2. The van der Waals surface area contributed by atoms with Crippen molar-refractivity contribution in [2.24, 2.45) is 0 Å². The summed E-state index contributed by atoms with van der Waals surface area (Å²) in [5.41, 5.74) is 1.56. The molecule has 1 unspecified atom stereocenters. The zero-order valence-electron chi connectivity index (χ0n) is 17.4. The highest BCUT2D eigenvalue weighted by Crippen LogP contribution is 2.20. The van der Waals surface area contributed by atoms with Gasteiger partial charge in [-0.25, -0.2) is 0 Å². The van der Waals surface area contributed by atoms with Crippen molar-refractivity contribution in [2.75, 3.05) is 38.5 Å². The maximum Gasteiger partial charge on any atom is 0.256 e. The number of rotatable bonds is 6. The quantitative estimate of drug-likeness (QED) is 0.813. The van der Waals surface area contributed by atoms with Gasteiger partial charge in [0, 0.05) is 31.7 Å². The normalized spacial score (nSPS) is 15.6. The van der Waals surface area contributed by atoms with Crippen LogP contribution in [0.2, 0.25) is 0 Å². The van der Waals surface area contributed by atoms with Gasteiger partial charge in [-0.05, 0) is 56.8 Å². The topological polar surface area (TPSA) is 61.9 Å². The van der Waals surface area contributed by atoms with Crippen LogP contribution in [0.15, 0.2) is 48.5 Å². The molecular formula is C23H29N3O3. The standard InChI is InChI=1S/C23H29N3O3/c1-4-17(2)29-19-11-9-18(10-12-19)22(27)24-21-8-6-5-7-20(21)23(28)26-15-13-25(3)14-16-26/h5-12,17H,4,13-16H2,1-3H3,(H,24,27). The SMILES string of the molecule is CCC(C)Oc1ccc(C(=O)Nc2ccccc2C(=O)N2CCN(C)CC2)cc1. The lowest BCUT2D eigenvalue weighted by Crippen LogP contribution is -2.47. The van der Waals surface area contributed by atoms with Crippen LogP contribution in [0.3, 0.4) is 0 Å². The van der Waals surface area contributed by atoms with Crippen LogP contribution in [0.1, 0.15) is 41.0 Å². The van der Waals surface area contributed by atoms with Gasteiger partial charge in [-0.15, -0.1) is 0 Å². The van der Waals surface area contributed by atoms with Crippen LogP contribution < -0.4 is 10.1 Å². The smallest absolute Gasteiger partial charge is 0.256 e. The van der Waals surface area contributed by atoms with Crippen LogP contribution >= 0.6 is 0 Å². The molecule has 0 aliphatic carbocycles. The Morgan fingerprint density at radius 2 is 1.69 bits per heavy atom. The van der Waals surface area contributed by atoms with Gasteiger partial charge >= 0.3 is 0 Å². The van der Waals surface area contributed by atoms with Gasteiger partial charge in [0.1, 0.15) is 5.75 Å². The van der Waals surface area contributed by atoms with Crippen LogP contribution in [0.5, 0.6) is 5.75 Å². The summed E-state index contributed by atoms with van der Waals surface area (Å²) < 4.78 is 5.76. The first-order chi connectivity index (χ1) is 14.0. The van der Waals surface area contributed by atoms with Crippen LogP contribution in [-0.2, 0) is 0 Å². The number of carbonyl (C=O) groups excluding carboxylic acids is 2. The molecule has 1 heterocycles. The van der Waals surface area contributed by atoms with Crippen molar-refractivity contribution in [1.82, 2.24) is 9.80 Å². The van der Waals surface area contributed by atoms with Crippen molar-refractivity contribution in [3.05, 3.63) is 59.7 Å². The number of nitrogens with one attached hydrogen (secondary N) is 1. The lowest BCUT2D eigenvalue weighted by Gasteiger charge is -2.32. The maximum atomic E-state index is 13.0. The van der Waals surface area contributed by atoms with E-state index in [1.807, 2.05) is 24.0 Å². The number of benzene rings is 2. The minimum absolute atomic E-state index is 0.0497. The number of anilines is 1. The van der Waals surface area contributed by atoms with Gasteiger partial charge in [-0.1, -0.05) is 19.1 Å². The molecule has 1 saturated heterocycles. The first kappa shape index (κ1) is 20.9. The van der Waals surface area contributed by atoms with Gasteiger partial charge < -0.3 is 19.9 Å². The molecule has 2 amide bonds. The van der Waals surface area contributed by atoms with E-state index in [2.05, 4.69) is 24.2 Å². The lowest BCUT2D eigenvalue weighted by atomic mass is 10.1. The second-order valence-corrected chi connectivity index (χ2v) is 7.46. The Kier molecular flexibility index (Phi) is 6.88. The van der Waals surface area contributed by atoms with E-state index in [1.54, 1.807) is 36.4 Å². The molecular weight excluding hydrogens is 366 g/mol. The summed E-state index contributed by atoms with van der Waals surface area (Å²) in [5.74, 6) is 0.437. The number of hydrogen-bond donors (Lipinski definition) is 1. The summed E-state index contributed by atoms with van der Waals surface area (Å²) >= 11 is 0. The summed E-state index contributed by atoms with van der Waals surface area (Å²) in [5, 5.41) is 2.89.